The topological polar surface area (TPSA) is 97.0 Å². The molecule has 0 radical (unpaired) electrons. The van der Waals surface area contributed by atoms with E-state index in [2.05, 4.69) is 90.7 Å². The monoisotopic (exact) mass is 822 g/mol. The Bertz CT molecular complexity index is 2190. The average molecular weight is 824 g/mol. The third-order valence-electron chi connectivity index (χ3n) is 10.7. The molecule has 12 heteroatoms. The van der Waals surface area contributed by atoms with Crippen LogP contribution in [0.2, 0.25) is 5.02 Å². The van der Waals surface area contributed by atoms with Gasteiger partial charge in [-0.3, -0.25) is 9.69 Å². The Hall–Kier alpha value is -4.36. The summed E-state index contributed by atoms with van der Waals surface area (Å²) < 4.78 is 29.2. The van der Waals surface area contributed by atoms with Crippen molar-refractivity contribution < 1.29 is 13.2 Å². The van der Waals surface area contributed by atoms with Crippen molar-refractivity contribution in [3.8, 4) is 11.1 Å². The molecule has 2 fully saturated rings. The normalized spacial score (nSPS) is 15.9. The Morgan fingerprint density at radius 3 is 2.23 bits per heavy atom. The van der Waals surface area contributed by atoms with Crippen LogP contribution in [0.1, 0.15) is 27.9 Å². The number of carbonyl (C=O) groups is 1. The smallest absolute Gasteiger partial charge is 0.264 e. The third kappa shape index (κ3) is 11.2. The van der Waals surface area contributed by atoms with Crippen LogP contribution in [-0.2, 0) is 16.6 Å². The molecule has 2 aliphatic rings. The molecule has 298 valence electrons. The molecule has 1 atom stereocenters. The first-order chi connectivity index (χ1) is 27.7. The molecule has 5 aromatic carbocycles. The minimum Gasteiger partial charge on any atom is -0.381 e. The first-order valence-corrected chi connectivity index (χ1v) is 22.5. The van der Waals surface area contributed by atoms with Gasteiger partial charge in [0.25, 0.3) is 15.9 Å². The Labute approximate surface area is 346 Å². The largest absolute Gasteiger partial charge is 0.381 e. The van der Waals surface area contributed by atoms with Gasteiger partial charge in [-0.05, 0) is 102 Å². The average Bonchev–Trinajstić information content (AvgIpc) is 3.24. The van der Waals surface area contributed by atoms with Crippen LogP contribution in [0.3, 0.4) is 0 Å². The van der Waals surface area contributed by atoms with E-state index < -0.39 is 15.9 Å². The van der Waals surface area contributed by atoms with Gasteiger partial charge in [0.1, 0.15) is 0 Å². The lowest BCUT2D eigenvalue weighted by Crippen LogP contribution is -2.46. The fourth-order valence-corrected chi connectivity index (χ4v) is 9.58. The number of thioether (sulfide) groups is 1. The van der Waals surface area contributed by atoms with Gasteiger partial charge in [0.05, 0.1) is 4.90 Å². The van der Waals surface area contributed by atoms with Gasteiger partial charge in [-0.15, -0.1) is 11.8 Å². The summed E-state index contributed by atoms with van der Waals surface area (Å²) in [6.07, 6.45) is 0.964. The van der Waals surface area contributed by atoms with E-state index in [-0.39, 0.29) is 16.5 Å². The molecule has 0 aliphatic carbocycles. The molecule has 0 spiro atoms. The number of anilines is 2. The van der Waals surface area contributed by atoms with Gasteiger partial charge in [-0.1, -0.05) is 66.2 Å². The second kappa shape index (κ2) is 19.4. The van der Waals surface area contributed by atoms with Gasteiger partial charge in [0.15, 0.2) is 0 Å². The third-order valence-corrected chi connectivity index (χ3v) is 13.5. The Morgan fingerprint density at radius 1 is 0.807 bits per heavy atom. The quantitative estimate of drug-likeness (QED) is 0.0923. The first-order valence-electron chi connectivity index (χ1n) is 19.7. The van der Waals surface area contributed by atoms with E-state index in [1.54, 1.807) is 24.3 Å². The highest BCUT2D eigenvalue weighted by molar-refractivity contribution is 7.99. The van der Waals surface area contributed by atoms with E-state index in [1.165, 1.54) is 16.0 Å². The number of carbonyl (C=O) groups excluding carboxylic acids is 1. The minimum absolute atomic E-state index is 0.0557. The fourth-order valence-electron chi connectivity index (χ4n) is 7.41. The number of amides is 1. The molecule has 2 heterocycles. The number of hydrogen-bond acceptors (Lipinski definition) is 9. The summed E-state index contributed by atoms with van der Waals surface area (Å²) in [4.78, 5) is 21.8. The van der Waals surface area contributed by atoms with E-state index >= 15 is 0 Å². The van der Waals surface area contributed by atoms with Gasteiger partial charge in [0, 0.05) is 104 Å². The summed E-state index contributed by atoms with van der Waals surface area (Å²) in [5, 5.41) is 7.85. The first kappa shape index (κ1) is 40.8. The van der Waals surface area contributed by atoms with E-state index in [4.69, 9.17) is 11.6 Å². The van der Waals surface area contributed by atoms with Crippen LogP contribution in [0.15, 0.2) is 131 Å². The molecule has 0 saturated carbocycles. The zero-order chi connectivity index (χ0) is 39.6. The molecule has 0 unspecified atom stereocenters. The van der Waals surface area contributed by atoms with Crippen LogP contribution in [0.4, 0.5) is 11.4 Å². The zero-order valence-corrected chi connectivity index (χ0v) is 34.8. The van der Waals surface area contributed by atoms with E-state index in [9.17, 15) is 13.2 Å². The van der Waals surface area contributed by atoms with Crippen molar-refractivity contribution in [1.29, 1.82) is 0 Å². The summed E-state index contributed by atoms with van der Waals surface area (Å²) in [7, 11) is -4.10. The molecular weight excluding hydrogens is 772 g/mol. The lowest BCUT2D eigenvalue weighted by atomic mass is 9.99. The molecule has 5 aromatic rings. The second-order valence-electron chi connectivity index (χ2n) is 14.7. The van der Waals surface area contributed by atoms with Crippen molar-refractivity contribution >= 4 is 50.7 Å². The van der Waals surface area contributed by atoms with Gasteiger partial charge in [-0.2, -0.15) is 0 Å². The van der Waals surface area contributed by atoms with Crippen LogP contribution in [0.25, 0.3) is 11.1 Å². The molecule has 2 saturated heterocycles. The van der Waals surface area contributed by atoms with Crippen LogP contribution in [-0.4, -0.2) is 94.8 Å². The van der Waals surface area contributed by atoms with Crippen molar-refractivity contribution in [2.24, 2.45) is 0 Å². The molecule has 0 aromatic heterocycles. The number of nitrogens with zero attached hydrogens (tertiary/aromatic N) is 3. The number of benzene rings is 5. The number of sulfonamides is 1. The lowest BCUT2D eigenvalue weighted by Gasteiger charge is -2.36. The number of hydrogen-bond donors (Lipinski definition) is 3. The second-order valence-corrected chi connectivity index (χ2v) is 17.9. The molecule has 2 aliphatic heterocycles. The van der Waals surface area contributed by atoms with Crippen molar-refractivity contribution in [1.82, 2.24) is 19.8 Å². The lowest BCUT2D eigenvalue weighted by molar-refractivity contribution is 0.0981. The molecule has 3 N–H and O–H groups in total. The van der Waals surface area contributed by atoms with E-state index in [1.807, 2.05) is 55.1 Å². The van der Waals surface area contributed by atoms with Crippen LogP contribution in [0, 0.1) is 6.92 Å². The Kier molecular flexibility index (Phi) is 13.9. The maximum atomic E-state index is 13.4. The minimum atomic E-state index is -4.10. The van der Waals surface area contributed by atoms with Crippen LogP contribution in [0.5, 0.6) is 0 Å². The Morgan fingerprint density at radius 2 is 1.51 bits per heavy atom. The summed E-state index contributed by atoms with van der Waals surface area (Å²) in [5.41, 5.74) is 6.63. The summed E-state index contributed by atoms with van der Waals surface area (Å²) in [6.45, 7) is 11.3. The molecule has 57 heavy (non-hydrogen) atoms. The standard InChI is InChI=1S/C45H51ClN6O3S2/c1-34-31-42(19-20-44(34)48-39(21-24-50-25-22-47-23-26-50)33-56-41-8-3-2-4-9-41)57(54,55)49-45(53)36-13-17-40(18-14-36)52-29-27-51(28-30-52)32-37-7-5-6-10-43(37)35-11-15-38(46)16-12-35/h2-20,31,39,47-48H,21-30,32-33H2,1H3,(H,49,53)/t39-/m1/s1. The summed E-state index contributed by atoms with van der Waals surface area (Å²) in [6, 6.07) is 39.2. The van der Waals surface area contributed by atoms with Crippen LogP contribution >= 0.6 is 23.4 Å². The molecule has 0 bridgehead atoms. The van der Waals surface area contributed by atoms with Crippen molar-refractivity contribution in [3.05, 3.63) is 143 Å². The van der Waals surface area contributed by atoms with Gasteiger partial charge >= 0.3 is 0 Å². The number of rotatable bonds is 15. The number of nitrogens with one attached hydrogen (secondary N) is 3. The SMILES string of the molecule is Cc1cc(S(=O)(=O)NC(=O)c2ccc(N3CCN(Cc4ccccc4-c4ccc(Cl)cc4)CC3)cc2)ccc1N[C@H](CCN1CCNCC1)CSc1ccccc1. The fraction of sp³-hybridized carbons (Fsp3) is 0.311. The van der Waals surface area contributed by atoms with Gasteiger partial charge < -0.3 is 20.4 Å². The predicted octanol–water partition coefficient (Wildman–Crippen LogP) is 7.62. The highest BCUT2D eigenvalue weighted by Gasteiger charge is 2.23. The highest BCUT2D eigenvalue weighted by Crippen LogP contribution is 2.28. The number of piperazine rings is 2. The van der Waals surface area contributed by atoms with Crippen LogP contribution < -0.4 is 20.3 Å². The molecular formula is C45H51ClN6O3S2. The maximum absolute atomic E-state index is 13.4. The number of aryl methyl sites for hydroxylation is 1. The summed E-state index contributed by atoms with van der Waals surface area (Å²) in [5.74, 6) is 0.220. The van der Waals surface area contributed by atoms with Crippen molar-refractivity contribution in [2.75, 3.05) is 74.9 Å². The number of halogens is 1. The van der Waals surface area contributed by atoms with Crippen molar-refractivity contribution in [2.45, 2.75) is 35.7 Å². The maximum Gasteiger partial charge on any atom is 0.264 e. The zero-order valence-electron chi connectivity index (χ0n) is 32.4. The summed E-state index contributed by atoms with van der Waals surface area (Å²) >= 11 is 7.95. The van der Waals surface area contributed by atoms with Gasteiger partial charge in [0.2, 0.25) is 0 Å². The van der Waals surface area contributed by atoms with Crippen molar-refractivity contribution in [3.63, 3.8) is 0 Å². The molecule has 9 nitrogen and oxygen atoms in total. The molecule has 7 rings (SSSR count). The predicted molar refractivity (Wildman–Crippen MR) is 235 cm³/mol. The van der Waals surface area contributed by atoms with E-state index in [0.29, 0.717) is 0 Å². The van der Waals surface area contributed by atoms with Gasteiger partial charge in [-0.25, -0.2) is 13.1 Å². The highest BCUT2D eigenvalue weighted by atomic mass is 35.5. The Balaban J connectivity index is 0.926. The van der Waals surface area contributed by atoms with E-state index in [0.717, 1.165) is 105 Å². The molecule has 1 amide bonds.